The minimum absolute atomic E-state index is 0.156. The van der Waals surface area contributed by atoms with Crippen LogP contribution in [0.5, 0.6) is 0 Å². The summed E-state index contributed by atoms with van der Waals surface area (Å²) >= 11 is 9.61. The first-order chi connectivity index (χ1) is 13.7. The molecular weight excluding hydrogens is 468 g/mol. The van der Waals surface area contributed by atoms with Gasteiger partial charge in [0.2, 0.25) is 0 Å². The molecule has 0 amide bonds. The van der Waals surface area contributed by atoms with Gasteiger partial charge in [-0.2, -0.15) is 0 Å². The molecule has 1 fully saturated rings. The second-order valence-corrected chi connectivity index (χ2v) is 8.54. The number of hydrogen-bond donors (Lipinski definition) is 2. The van der Waals surface area contributed by atoms with Crippen molar-refractivity contribution < 1.29 is 13.9 Å². The zero-order valence-electron chi connectivity index (χ0n) is 15.3. The van der Waals surface area contributed by atoms with Crippen LogP contribution >= 0.6 is 27.5 Å². The van der Waals surface area contributed by atoms with E-state index < -0.39 is 17.9 Å². The fourth-order valence-corrected chi connectivity index (χ4v) is 3.90. The summed E-state index contributed by atoms with van der Waals surface area (Å²) in [7, 11) is 0. The second kappa shape index (κ2) is 7.71. The molecule has 3 heterocycles. The Balaban J connectivity index is 1.70. The first-order valence-electron chi connectivity index (χ1n) is 8.82. The lowest BCUT2D eigenvalue weighted by molar-refractivity contribution is -0.0871. The lowest BCUT2D eigenvalue weighted by Gasteiger charge is -2.44. The summed E-state index contributed by atoms with van der Waals surface area (Å²) in [5, 5.41) is 13.3. The maximum atomic E-state index is 13.4. The molecule has 10 heteroatoms. The number of likely N-dealkylation sites (tertiary alicyclic amines) is 1. The minimum atomic E-state index is -2.83. The molecule has 1 aliphatic rings. The standard InChI is InChI=1S/C19H17BrClF2N5O/c1-19(29)8-28(9-19)7-10-5-13-15(24-6-10)17(27-18(26-13)16(22)23)25-12-4-2-3-11(20)14(12)21/h2-6,16,29H,7-9H2,1H3,(H,25,26,27). The second-order valence-electron chi connectivity index (χ2n) is 7.31. The summed E-state index contributed by atoms with van der Waals surface area (Å²) in [6.45, 7) is 3.42. The highest BCUT2D eigenvalue weighted by Gasteiger charge is 2.36. The molecular formula is C19H17BrClF2N5O. The van der Waals surface area contributed by atoms with Crippen LogP contribution in [-0.4, -0.2) is 43.6 Å². The van der Waals surface area contributed by atoms with Crippen molar-refractivity contribution in [2.45, 2.75) is 25.5 Å². The van der Waals surface area contributed by atoms with Crippen LogP contribution in [0.15, 0.2) is 34.9 Å². The van der Waals surface area contributed by atoms with Gasteiger partial charge in [0.15, 0.2) is 11.6 Å². The zero-order chi connectivity index (χ0) is 20.8. The maximum Gasteiger partial charge on any atom is 0.297 e. The van der Waals surface area contributed by atoms with Crippen LogP contribution in [0.3, 0.4) is 0 Å². The van der Waals surface area contributed by atoms with Crippen molar-refractivity contribution in [3.05, 3.63) is 51.3 Å². The van der Waals surface area contributed by atoms with Crippen LogP contribution in [-0.2, 0) is 6.54 Å². The van der Waals surface area contributed by atoms with E-state index in [-0.39, 0.29) is 5.82 Å². The molecule has 2 N–H and O–H groups in total. The number of nitrogens with zero attached hydrogens (tertiary/aromatic N) is 4. The third-order valence-electron chi connectivity index (χ3n) is 4.54. The van der Waals surface area contributed by atoms with E-state index in [1.54, 1.807) is 37.4 Å². The van der Waals surface area contributed by atoms with Crippen LogP contribution < -0.4 is 5.32 Å². The van der Waals surface area contributed by atoms with Crippen LogP contribution in [0.2, 0.25) is 5.02 Å². The Labute approximate surface area is 179 Å². The molecule has 1 saturated heterocycles. The number of halogens is 4. The molecule has 6 nitrogen and oxygen atoms in total. The van der Waals surface area contributed by atoms with Gasteiger partial charge in [-0.25, -0.2) is 18.7 Å². The SMILES string of the molecule is CC1(O)CN(Cc2cnc3c(Nc4cccc(Br)c4Cl)nc(C(F)F)nc3c2)C1. The first kappa shape index (κ1) is 20.3. The number of aliphatic hydroxyl groups is 1. The van der Waals surface area contributed by atoms with Gasteiger partial charge in [0, 0.05) is 30.3 Å². The third kappa shape index (κ3) is 4.32. The van der Waals surface area contributed by atoms with E-state index in [2.05, 4.69) is 36.2 Å². The third-order valence-corrected chi connectivity index (χ3v) is 5.84. The van der Waals surface area contributed by atoms with Gasteiger partial charge in [-0.15, -0.1) is 0 Å². The molecule has 0 spiro atoms. The molecule has 0 saturated carbocycles. The van der Waals surface area contributed by atoms with Crippen molar-refractivity contribution in [3.8, 4) is 0 Å². The molecule has 0 aliphatic carbocycles. The minimum Gasteiger partial charge on any atom is -0.388 e. The molecule has 0 atom stereocenters. The van der Waals surface area contributed by atoms with E-state index >= 15 is 0 Å². The molecule has 3 aromatic rings. The van der Waals surface area contributed by atoms with E-state index in [0.29, 0.717) is 45.9 Å². The number of β-amino-alcohol motifs (C(OH)–C–C–N with tert-alkyl or cyclic N) is 1. The molecule has 1 aliphatic heterocycles. The number of fused-ring (bicyclic) bond motifs is 1. The number of pyridine rings is 1. The number of anilines is 2. The summed E-state index contributed by atoms with van der Waals surface area (Å²) in [4.78, 5) is 14.4. The first-order valence-corrected chi connectivity index (χ1v) is 9.99. The van der Waals surface area contributed by atoms with Gasteiger partial charge >= 0.3 is 0 Å². The Morgan fingerprint density at radius 1 is 1.34 bits per heavy atom. The van der Waals surface area contributed by atoms with Crippen molar-refractivity contribution in [1.29, 1.82) is 0 Å². The van der Waals surface area contributed by atoms with Crippen LogP contribution in [0.1, 0.15) is 24.7 Å². The van der Waals surface area contributed by atoms with Gasteiger partial charge in [0.1, 0.15) is 5.52 Å². The van der Waals surface area contributed by atoms with Gasteiger partial charge in [0.05, 0.1) is 21.8 Å². The number of benzene rings is 1. The number of nitrogens with one attached hydrogen (secondary N) is 1. The van der Waals surface area contributed by atoms with Gasteiger partial charge in [-0.05, 0) is 46.6 Å². The van der Waals surface area contributed by atoms with Crippen molar-refractivity contribution >= 4 is 50.1 Å². The maximum absolute atomic E-state index is 13.4. The Bertz CT molecular complexity index is 1070. The average molecular weight is 485 g/mol. The van der Waals surface area contributed by atoms with E-state index in [0.717, 1.165) is 5.56 Å². The van der Waals surface area contributed by atoms with Gasteiger partial charge in [-0.3, -0.25) is 9.88 Å². The Hall–Kier alpha value is -1.94. The predicted octanol–water partition coefficient (Wildman–Crippen LogP) is 4.69. The molecule has 29 heavy (non-hydrogen) atoms. The molecule has 152 valence electrons. The van der Waals surface area contributed by atoms with E-state index in [1.165, 1.54) is 0 Å². The highest BCUT2D eigenvalue weighted by molar-refractivity contribution is 9.10. The van der Waals surface area contributed by atoms with E-state index in [9.17, 15) is 13.9 Å². The Morgan fingerprint density at radius 2 is 2.10 bits per heavy atom. The topological polar surface area (TPSA) is 74.2 Å². The molecule has 0 bridgehead atoms. The number of hydrogen-bond acceptors (Lipinski definition) is 6. The summed E-state index contributed by atoms with van der Waals surface area (Å²) in [5.41, 5.74) is 1.32. The summed E-state index contributed by atoms with van der Waals surface area (Å²) in [6.07, 6.45) is -1.17. The van der Waals surface area contributed by atoms with Gasteiger partial charge < -0.3 is 10.4 Å². The van der Waals surface area contributed by atoms with E-state index in [1.807, 2.05) is 4.90 Å². The normalized spacial score (nSPS) is 16.2. The van der Waals surface area contributed by atoms with Crippen LogP contribution in [0, 0.1) is 0 Å². The smallest absolute Gasteiger partial charge is 0.297 e. The fraction of sp³-hybridized carbons (Fsp3) is 0.316. The predicted molar refractivity (Wildman–Crippen MR) is 111 cm³/mol. The lowest BCUT2D eigenvalue weighted by Crippen LogP contribution is -2.59. The van der Waals surface area contributed by atoms with Crippen molar-refractivity contribution in [2.24, 2.45) is 0 Å². The number of alkyl halides is 2. The monoisotopic (exact) mass is 483 g/mol. The number of rotatable bonds is 5. The van der Waals surface area contributed by atoms with Crippen molar-refractivity contribution in [2.75, 3.05) is 18.4 Å². The zero-order valence-corrected chi connectivity index (χ0v) is 17.7. The quantitative estimate of drug-likeness (QED) is 0.547. The molecule has 4 rings (SSSR count). The fourth-order valence-electron chi connectivity index (χ4n) is 3.36. The summed E-state index contributed by atoms with van der Waals surface area (Å²) < 4.78 is 27.4. The van der Waals surface area contributed by atoms with Gasteiger partial charge in [0.25, 0.3) is 6.43 Å². The average Bonchev–Trinajstić information content (AvgIpc) is 2.63. The van der Waals surface area contributed by atoms with Crippen molar-refractivity contribution in [3.63, 3.8) is 0 Å². The molecule has 1 aromatic carbocycles. The summed E-state index contributed by atoms with van der Waals surface area (Å²) in [5.74, 6) is -0.430. The lowest BCUT2D eigenvalue weighted by atomic mass is 9.96. The van der Waals surface area contributed by atoms with Crippen LogP contribution in [0.4, 0.5) is 20.3 Å². The molecule has 2 aromatic heterocycles. The highest BCUT2D eigenvalue weighted by atomic mass is 79.9. The van der Waals surface area contributed by atoms with Crippen molar-refractivity contribution in [1.82, 2.24) is 19.9 Å². The summed E-state index contributed by atoms with van der Waals surface area (Å²) in [6, 6.07) is 6.97. The highest BCUT2D eigenvalue weighted by Crippen LogP contribution is 2.34. The molecule has 0 unspecified atom stereocenters. The molecule has 0 radical (unpaired) electrons. The largest absolute Gasteiger partial charge is 0.388 e. The Kier molecular flexibility index (Phi) is 5.41. The Morgan fingerprint density at radius 3 is 2.79 bits per heavy atom. The number of aromatic nitrogens is 3. The van der Waals surface area contributed by atoms with Gasteiger partial charge in [-0.1, -0.05) is 17.7 Å². The van der Waals surface area contributed by atoms with E-state index in [4.69, 9.17) is 11.6 Å². The van der Waals surface area contributed by atoms with Crippen LogP contribution in [0.25, 0.3) is 11.0 Å².